The Morgan fingerprint density at radius 3 is 2.52 bits per heavy atom. The number of rotatable bonds is 4. The molecule has 0 spiro atoms. The average molecular weight is 306 g/mol. The van der Waals surface area contributed by atoms with Gasteiger partial charge in [0.25, 0.3) is 0 Å². The fourth-order valence-corrected chi connectivity index (χ4v) is 2.32. The van der Waals surface area contributed by atoms with Crippen LogP contribution in [-0.2, 0) is 0 Å². The number of halogens is 1. The molecule has 0 radical (unpaired) electrons. The van der Waals surface area contributed by atoms with Crippen molar-refractivity contribution < 1.29 is 9.66 Å². The zero-order valence-corrected chi connectivity index (χ0v) is 12.8. The number of para-hydroxylation sites is 1. The second-order valence-electron chi connectivity index (χ2n) is 5.14. The standard InChI is InChI=1S/C16H16ClNO3/c1-10(2)12-8-7-11(3)9-15(12)21-14-6-4-5-13(17)16(14)18(19)20/h4-10H,1-3H3. The Morgan fingerprint density at radius 1 is 1.19 bits per heavy atom. The molecule has 2 rings (SSSR count). The molecule has 110 valence electrons. The van der Waals surface area contributed by atoms with Crippen LogP contribution < -0.4 is 4.74 Å². The van der Waals surface area contributed by atoms with Gasteiger partial charge >= 0.3 is 5.69 Å². The maximum Gasteiger partial charge on any atom is 0.329 e. The van der Waals surface area contributed by atoms with E-state index in [0.29, 0.717) is 5.75 Å². The van der Waals surface area contributed by atoms with Crippen molar-refractivity contribution in [3.8, 4) is 11.5 Å². The van der Waals surface area contributed by atoms with Crippen molar-refractivity contribution in [2.45, 2.75) is 26.7 Å². The van der Waals surface area contributed by atoms with E-state index in [1.54, 1.807) is 12.1 Å². The number of nitro benzene ring substituents is 1. The van der Waals surface area contributed by atoms with Gasteiger partial charge in [-0.2, -0.15) is 0 Å². The Kier molecular flexibility index (Phi) is 4.48. The van der Waals surface area contributed by atoms with Crippen molar-refractivity contribution in [1.29, 1.82) is 0 Å². The molecule has 0 aliphatic rings. The maximum absolute atomic E-state index is 11.2. The molecular weight excluding hydrogens is 290 g/mol. The number of ether oxygens (including phenoxy) is 1. The first kappa shape index (κ1) is 15.3. The van der Waals surface area contributed by atoms with Crippen LogP contribution in [-0.4, -0.2) is 4.92 Å². The van der Waals surface area contributed by atoms with Crippen molar-refractivity contribution in [3.05, 3.63) is 62.7 Å². The number of benzene rings is 2. The van der Waals surface area contributed by atoms with Gasteiger partial charge in [-0.1, -0.05) is 43.6 Å². The first-order valence-electron chi connectivity index (χ1n) is 6.61. The number of nitro groups is 1. The van der Waals surface area contributed by atoms with E-state index in [9.17, 15) is 10.1 Å². The Balaban J connectivity index is 2.50. The van der Waals surface area contributed by atoms with Crippen molar-refractivity contribution in [3.63, 3.8) is 0 Å². The molecule has 0 atom stereocenters. The highest BCUT2D eigenvalue weighted by molar-refractivity contribution is 6.32. The van der Waals surface area contributed by atoms with Crippen LogP contribution >= 0.6 is 11.6 Å². The number of hydrogen-bond acceptors (Lipinski definition) is 3. The Hall–Kier alpha value is -2.07. The molecule has 0 N–H and O–H groups in total. The maximum atomic E-state index is 11.2. The second kappa shape index (κ2) is 6.14. The lowest BCUT2D eigenvalue weighted by Gasteiger charge is -2.14. The SMILES string of the molecule is Cc1ccc(C(C)C)c(Oc2cccc(Cl)c2[N+](=O)[O-])c1. The molecule has 2 aromatic rings. The number of aryl methyl sites for hydroxylation is 1. The minimum Gasteiger partial charge on any atom is -0.450 e. The van der Waals surface area contributed by atoms with Crippen LogP contribution in [0.15, 0.2) is 36.4 Å². The van der Waals surface area contributed by atoms with Crippen LogP contribution in [0.3, 0.4) is 0 Å². The lowest BCUT2D eigenvalue weighted by molar-refractivity contribution is -0.385. The Bertz CT molecular complexity index is 683. The van der Waals surface area contributed by atoms with Gasteiger partial charge in [-0.15, -0.1) is 0 Å². The van der Waals surface area contributed by atoms with Gasteiger partial charge in [-0.05, 0) is 42.2 Å². The summed E-state index contributed by atoms with van der Waals surface area (Å²) in [6.07, 6.45) is 0. The van der Waals surface area contributed by atoms with Crippen LogP contribution in [0.5, 0.6) is 11.5 Å². The summed E-state index contributed by atoms with van der Waals surface area (Å²) in [6, 6.07) is 10.5. The van der Waals surface area contributed by atoms with E-state index in [-0.39, 0.29) is 22.4 Å². The lowest BCUT2D eigenvalue weighted by atomic mass is 10.0. The Labute approximate surface area is 128 Å². The van der Waals surface area contributed by atoms with E-state index in [2.05, 4.69) is 0 Å². The summed E-state index contributed by atoms with van der Waals surface area (Å²) < 4.78 is 5.80. The quantitative estimate of drug-likeness (QED) is 0.555. The molecule has 0 saturated carbocycles. The minimum absolute atomic E-state index is 0.0660. The third-order valence-corrected chi connectivity index (χ3v) is 3.45. The predicted octanol–water partition coefficient (Wildman–Crippen LogP) is 5.47. The van der Waals surface area contributed by atoms with Crippen LogP contribution in [0, 0.1) is 17.0 Å². The van der Waals surface area contributed by atoms with E-state index < -0.39 is 4.92 Å². The molecule has 0 amide bonds. The van der Waals surface area contributed by atoms with E-state index in [1.165, 1.54) is 6.07 Å². The summed E-state index contributed by atoms with van der Waals surface area (Å²) in [6.45, 7) is 6.04. The van der Waals surface area contributed by atoms with Crippen molar-refractivity contribution in [1.82, 2.24) is 0 Å². The summed E-state index contributed by atoms with van der Waals surface area (Å²) in [4.78, 5) is 10.6. The number of hydrogen-bond donors (Lipinski definition) is 0. The lowest BCUT2D eigenvalue weighted by Crippen LogP contribution is -1.98. The second-order valence-corrected chi connectivity index (χ2v) is 5.55. The predicted molar refractivity (Wildman–Crippen MR) is 83.4 cm³/mol. The molecular formula is C16H16ClNO3. The summed E-state index contributed by atoms with van der Waals surface area (Å²) >= 11 is 5.90. The first-order valence-corrected chi connectivity index (χ1v) is 6.99. The summed E-state index contributed by atoms with van der Waals surface area (Å²) in [5.74, 6) is 1.02. The highest BCUT2D eigenvalue weighted by Gasteiger charge is 2.21. The van der Waals surface area contributed by atoms with Crippen molar-refractivity contribution >= 4 is 17.3 Å². The van der Waals surface area contributed by atoms with Gasteiger partial charge < -0.3 is 4.74 Å². The molecule has 0 aromatic heterocycles. The van der Waals surface area contributed by atoms with E-state index in [4.69, 9.17) is 16.3 Å². The van der Waals surface area contributed by atoms with Gasteiger partial charge in [0.05, 0.1) is 4.92 Å². The van der Waals surface area contributed by atoms with E-state index in [1.807, 2.05) is 39.0 Å². The highest BCUT2D eigenvalue weighted by Crippen LogP contribution is 2.39. The van der Waals surface area contributed by atoms with Gasteiger partial charge in [0.15, 0.2) is 0 Å². The molecule has 2 aromatic carbocycles. The van der Waals surface area contributed by atoms with Crippen LogP contribution in [0.2, 0.25) is 5.02 Å². The summed E-state index contributed by atoms with van der Waals surface area (Å²) in [5, 5.41) is 11.2. The largest absolute Gasteiger partial charge is 0.450 e. The van der Waals surface area contributed by atoms with Gasteiger partial charge in [-0.3, -0.25) is 10.1 Å². The van der Waals surface area contributed by atoms with Gasteiger partial charge in [0.1, 0.15) is 10.8 Å². The first-order chi connectivity index (χ1) is 9.90. The molecule has 0 aliphatic carbocycles. The Morgan fingerprint density at radius 2 is 1.90 bits per heavy atom. The van der Waals surface area contributed by atoms with Crippen LogP contribution in [0.1, 0.15) is 30.9 Å². The molecule has 4 nitrogen and oxygen atoms in total. The third-order valence-electron chi connectivity index (χ3n) is 3.14. The van der Waals surface area contributed by atoms with E-state index >= 15 is 0 Å². The molecule has 0 bridgehead atoms. The molecule has 0 saturated heterocycles. The van der Waals surface area contributed by atoms with E-state index in [0.717, 1.165) is 11.1 Å². The fraction of sp³-hybridized carbons (Fsp3) is 0.250. The summed E-state index contributed by atoms with van der Waals surface area (Å²) in [7, 11) is 0. The van der Waals surface area contributed by atoms with Gasteiger partial charge in [0, 0.05) is 0 Å². The van der Waals surface area contributed by atoms with Gasteiger partial charge in [-0.25, -0.2) is 0 Å². The topological polar surface area (TPSA) is 52.4 Å². The summed E-state index contributed by atoms with van der Waals surface area (Å²) in [5.41, 5.74) is 1.81. The van der Waals surface area contributed by atoms with Crippen molar-refractivity contribution in [2.24, 2.45) is 0 Å². The normalized spacial score (nSPS) is 10.7. The molecule has 0 unspecified atom stereocenters. The highest BCUT2D eigenvalue weighted by atomic mass is 35.5. The molecule has 21 heavy (non-hydrogen) atoms. The third kappa shape index (κ3) is 3.34. The van der Waals surface area contributed by atoms with Gasteiger partial charge in [0.2, 0.25) is 5.75 Å². The zero-order chi connectivity index (χ0) is 15.6. The molecule has 0 heterocycles. The monoisotopic (exact) mass is 305 g/mol. The van der Waals surface area contributed by atoms with Crippen LogP contribution in [0.25, 0.3) is 0 Å². The average Bonchev–Trinajstić information content (AvgIpc) is 2.37. The molecule has 5 heteroatoms. The molecule has 0 aliphatic heterocycles. The van der Waals surface area contributed by atoms with Crippen LogP contribution in [0.4, 0.5) is 5.69 Å². The molecule has 0 fully saturated rings. The smallest absolute Gasteiger partial charge is 0.329 e. The van der Waals surface area contributed by atoms with Crippen molar-refractivity contribution in [2.75, 3.05) is 0 Å². The number of nitrogens with zero attached hydrogens (tertiary/aromatic N) is 1. The minimum atomic E-state index is -0.525. The zero-order valence-electron chi connectivity index (χ0n) is 12.1. The fourth-order valence-electron chi connectivity index (χ4n) is 2.08.